The third-order valence-electron chi connectivity index (χ3n) is 4.49. The molecule has 0 bridgehead atoms. The molecule has 29 heavy (non-hydrogen) atoms. The lowest BCUT2D eigenvalue weighted by Gasteiger charge is -2.13. The average Bonchev–Trinajstić information content (AvgIpc) is 3.11. The quantitative estimate of drug-likeness (QED) is 0.492. The number of pyridine rings is 1. The number of aromatic nitrogens is 2. The molecule has 4 rings (SSSR count). The van der Waals surface area contributed by atoms with Crippen molar-refractivity contribution in [2.45, 2.75) is 13.1 Å². The number of carbonyl (C=O) groups is 1. The Hall–Kier alpha value is -3.61. The first-order chi connectivity index (χ1) is 13.8. The number of carbonyl (C=O) groups excluding carboxylic acids is 1. The minimum absolute atomic E-state index is 0.387. The predicted octanol–water partition coefficient (Wildman–Crippen LogP) is 5.58. The fourth-order valence-electron chi connectivity index (χ4n) is 3.13. The number of halogens is 3. The van der Waals surface area contributed by atoms with Crippen LogP contribution in [-0.2, 0) is 6.18 Å². The average molecular weight is 395 g/mol. The highest BCUT2D eigenvalue weighted by Gasteiger charge is 2.34. The summed E-state index contributed by atoms with van der Waals surface area (Å²) in [5, 5.41) is 2.55. The number of anilines is 1. The number of hydrogen-bond donors (Lipinski definition) is 1. The number of rotatable bonds is 3. The summed E-state index contributed by atoms with van der Waals surface area (Å²) in [6.45, 7) is 1.98. The molecule has 2 heterocycles. The molecular weight excluding hydrogens is 379 g/mol. The molecule has 4 aromatic rings. The van der Waals surface area contributed by atoms with E-state index >= 15 is 0 Å². The maximum atomic E-state index is 13.2. The van der Waals surface area contributed by atoms with Crippen molar-refractivity contribution < 1.29 is 18.0 Å². The van der Waals surface area contributed by atoms with Gasteiger partial charge in [-0.2, -0.15) is 13.2 Å². The van der Waals surface area contributed by atoms with Crippen LogP contribution in [-0.4, -0.2) is 15.3 Å². The van der Waals surface area contributed by atoms with Gasteiger partial charge in [-0.15, -0.1) is 0 Å². The van der Waals surface area contributed by atoms with E-state index in [0.29, 0.717) is 11.4 Å². The number of fused-ring (bicyclic) bond motifs is 1. The van der Waals surface area contributed by atoms with Gasteiger partial charge in [0.1, 0.15) is 5.65 Å². The molecule has 146 valence electrons. The summed E-state index contributed by atoms with van der Waals surface area (Å²) in [7, 11) is 0. The van der Waals surface area contributed by atoms with Crippen LogP contribution in [0.15, 0.2) is 73.1 Å². The van der Waals surface area contributed by atoms with Crippen molar-refractivity contribution in [1.82, 2.24) is 9.38 Å². The van der Waals surface area contributed by atoms with Crippen LogP contribution in [0.2, 0.25) is 0 Å². The van der Waals surface area contributed by atoms with Crippen molar-refractivity contribution in [3.05, 3.63) is 89.7 Å². The van der Waals surface area contributed by atoms with Crippen molar-refractivity contribution in [2.24, 2.45) is 0 Å². The largest absolute Gasteiger partial charge is 0.417 e. The third kappa shape index (κ3) is 3.85. The Labute approximate surface area is 164 Å². The molecule has 0 fully saturated rings. The molecule has 4 nitrogen and oxygen atoms in total. The highest BCUT2D eigenvalue weighted by atomic mass is 19.4. The lowest BCUT2D eigenvalue weighted by atomic mass is 10.1. The first-order valence-corrected chi connectivity index (χ1v) is 8.85. The van der Waals surface area contributed by atoms with Crippen LogP contribution in [0, 0.1) is 6.92 Å². The molecule has 0 saturated carbocycles. The number of amides is 1. The molecule has 0 atom stereocenters. The van der Waals surface area contributed by atoms with E-state index in [2.05, 4.69) is 10.3 Å². The van der Waals surface area contributed by atoms with Gasteiger partial charge in [0.25, 0.3) is 5.91 Å². The van der Waals surface area contributed by atoms with E-state index in [1.165, 1.54) is 12.1 Å². The molecule has 0 aliphatic heterocycles. The van der Waals surface area contributed by atoms with E-state index in [9.17, 15) is 18.0 Å². The fraction of sp³-hybridized carbons (Fsp3) is 0.0909. The van der Waals surface area contributed by atoms with Gasteiger partial charge in [0.05, 0.1) is 16.8 Å². The summed E-state index contributed by atoms with van der Waals surface area (Å²) < 4.78 is 41.4. The van der Waals surface area contributed by atoms with Gasteiger partial charge in [-0.1, -0.05) is 30.3 Å². The van der Waals surface area contributed by atoms with Crippen molar-refractivity contribution >= 4 is 17.2 Å². The Morgan fingerprint density at radius 3 is 2.59 bits per heavy atom. The van der Waals surface area contributed by atoms with Gasteiger partial charge in [0, 0.05) is 23.6 Å². The van der Waals surface area contributed by atoms with Crippen LogP contribution in [0.3, 0.4) is 0 Å². The smallest absolute Gasteiger partial charge is 0.322 e. The molecule has 0 aliphatic carbocycles. The van der Waals surface area contributed by atoms with Gasteiger partial charge in [-0.3, -0.25) is 4.79 Å². The Bertz CT molecular complexity index is 1210. The van der Waals surface area contributed by atoms with Crippen molar-refractivity contribution in [3.8, 4) is 11.3 Å². The number of nitrogens with zero attached hydrogens (tertiary/aromatic N) is 2. The Balaban J connectivity index is 1.63. The van der Waals surface area contributed by atoms with Gasteiger partial charge in [0.2, 0.25) is 0 Å². The molecule has 1 amide bonds. The van der Waals surface area contributed by atoms with E-state index < -0.39 is 23.2 Å². The van der Waals surface area contributed by atoms with Crippen LogP contribution in [0.5, 0.6) is 0 Å². The number of nitrogens with one attached hydrogen (secondary N) is 1. The Morgan fingerprint density at radius 2 is 1.79 bits per heavy atom. The SMILES string of the molecule is Cc1ccc2nc(-c3cccc(NC(=O)c4ccccc4C(F)(F)F)c3)cn2c1. The molecule has 0 saturated heterocycles. The second-order valence-electron chi connectivity index (χ2n) is 6.68. The predicted molar refractivity (Wildman–Crippen MR) is 105 cm³/mol. The molecule has 7 heteroatoms. The maximum Gasteiger partial charge on any atom is 0.417 e. The number of aryl methyl sites for hydroxylation is 1. The van der Waals surface area contributed by atoms with E-state index in [0.717, 1.165) is 28.9 Å². The zero-order chi connectivity index (χ0) is 20.6. The van der Waals surface area contributed by atoms with Crippen molar-refractivity contribution in [2.75, 3.05) is 5.32 Å². The summed E-state index contributed by atoms with van der Waals surface area (Å²) in [6.07, 6.45) is -0.793. The lowest BCUT2D eigenvalue weighted by Crippen LogP contribution is -2.18. The number of imidazole rings is 1. The topological polar surface area (TPSA) is 46.4 Å². The molecule has 2 aromatic carbocycles. The molecule has 0 spiro atoms. The molecule has 0 unspecified atom stereocenters. The summed E-state index contributed by atoms with van der Waals surface area (Å²) in [5.41, 5.74) is 2.30. The number of hydrogen-bond acceptors (Lipinski definition) is 2. The second kappa shape index (κ2) is 7.09. The lowest BCUT2D eigenvalue weighted by molar-refractivity contribution is -0.137. The Morgan fingerprint density at radius 1 is 1.00 bits per heavy atom. The van der Waals surface area contributed by atoms with Crippen LogP contribution >= 0.6 is 0 Å². The maximum absolute atomic E-state index is 13.2. The van der Waals surface area contributed by atoms with Crippen molar-refractivity contribution in [3.63, 3.8) is 0 Å². The molecule has 0 radical (unpaired) electrons. The monoisotopic (exact) mass is 395 g/mol. The van der Waals surface area contributed by atoms with Gasteiger partial charge in [0.15, 0.2) is 0 Å². The zero-order valence-electron chi connectivity index (χ0n) is 15.4. The van der Waals surface area contributed by atoms with Crippen LogP contribution in [0.25, 0.3) is 16.9 Å². The van der Waals surface area contributed by atoms with Gasteiger partial charge in [-0.05, 0) is 42.8 Å². The van der Waals surface area contributed by atoms with E-state index in [1.807, 2.05) is 41.9 Å². The van der Waals surface area contributed by atoms with Crippen LogP contribution in [0.4, 0.5) is 18.9 Å². The van der Waals surface area contributed by atoms with Gasteiger partial charge >= 0.3 is 6.18 Å². The normalized spacial score (nSPS) is 11.6. The number of alkyl halides is 3. The highest BCUT2D eigenvalue weighted by molar-refractivity contribution is 6.05. The number of benzene rings is 2. The first kappa shape index (κ1) is 18.7. The summed E-state index contributed by atoms with van der Waals surface area (Å²) in [6, 6.07) is 15.4. The van der Waals surface area contributed by atoms with Crippen LogP contribution < -0.4 is 5.32 Å². The third-order valence-corrected chi connectivity index (χ3v) is 4.49. The van der Waals surface area contributed by atoms with Crippen LogP contribution in [0.1, 0.15) is 21.5 Å². The van der Waals surface area contributed by atoms with E-state index in [4.69, 9.17) is 0 Å². The summed E-state index contributed by atoms with van der Waals surface area (Å²) in [4.78, 5) is 17.0. The minimum atomic E-state index is -4.61. The molecule has 1 N–H and O–H groups in total. The second-order valence-corrected chi connectivity index (χ2v) is 6.68. The fourth-order valence-corrected chi connectivity index (χ4v) is 3.13. The van der Waals surface area contributed by atoms with E-state index in [1.54, 1.807) is 18.2 Å². The van der Waals surface area contributed by atoms with Crippen molar-refractivity contribution in [1.29, 1.82) is 0 Å². The molecule has 2 aromatic heterocycles. The van der Waals surface area contributed by atoms with E-state index in [-0.39, 0.29) is 0 Å². The van der Waals surface area contributed by atoms with Gasteiger partial charge < -0.3 is 9.72 Å². The first-order valence-electron chi connectivity index (χ1n) is 8.85. The summed E-state index contributed by atoms with van der Waals surface area (Å²) in [5.74, 6) is -0.819. The Kier molecular flexibility index (Phi) is 4.58. The zero-order valence-corrected chi connectivity index (χ0v) is 15.4. The van der Waals surface area contributed by atoms with Gasteiger partial charge in [-0.25, -0.2) is 4.98 Å². The molecular formula is C22H16F3N3O. The molecule has 0 aliphatic rings. The standard InChI is InChI=1S/C22H16F3N3O/c1-14-9-10-20-27-19(13-28(20)12-14)15-5-4-6-16(11-15)26-21(29)17-7-2-3-8-18(17)22(23,24)25/h2-13H,1H3,(H,26,29). The highest BCUT2D eigenvalue weighted by Crippen LogP contribution is 2.32. The summed E-state index contributed by atoms with van der Waals surface area (Å²) >= 11 is 0. The minimum Gasteiger partial charge on any atom is -0.322 e.